The molecule has 112 valence electrons. The van der Waals surface area contributed by atoms with E-state index in [1.807, 2.05) is 0 Å². The summed E-state index contributed by atoms with van der Waals surface area (Å²) in [6.07, 6.45) is 6.19. The van der Waals surface area contributed by atoms with Crippen LogP contribution in [0.4, 0.5) is 0 Å². The second-order valence-electron chi connectivity index (χ2n) is 5.85. The molecule has 1 saturated heterocycles. The van der Waals surface area contributed by atoms with Crippen LogP contribution in [0.3, 0.4) is 0 Å². The van der Waals surface area contributed by atoms with Gasteiger partial charge in [0.25, 0.3) is 0 Å². The summed E-state index contributed by atoms with van der Waals surface area (Å²) >= 11 is 0. The molecular weight excluding hydrogens is 256 g/mol. The highest BCUT2D eigenvalue weighted by molar-refractivity contribution is 4.99. The Morgan fingerprint density at radius 3 is 2.70 bits per heavy atom. The zero-order valence-corrected chi connectivity index (χ0v) is 12.0. The standard InChI is InChI=1S/C14H24N4O2/c15-12(10-18-6-8-19-9-7-18)13-16-14(20-17-13)11-4-2-1-3-5-11/h11-12H,1-10,15H2. The zero-order chi connectivity index (χ0) is 13.8. The van der Waals surface area contributed by atoms with Gasteiger partial charge in [0.15, 0.2) is 5.82 Å². The Morgan fingerprint density at radius 2 is 1.95 bits per heavy atom. The first kappa shape index (κ1) is 14.0. The molecule has 6 heteroatoms. The molecule has 3 rings (SSSR count). The molecule has 0 aromatic carbocycles. The molecule has 0 spiro atoms. The van der Waals surface area contributed by atoms with Gasteiger partial charge >= 0.3 is 0 Å². The molecule has 1 saturated carbocycles. The predicted octanol–water partition coefficient (Wildman–Crippen LogP) is 1.45. The van der Waals surface area contributed by atoms with E-state index in [0.29, 0.717) is 11.7 Å². The van der Waals surface area contributed by atoms with E-state index < -0.39 is 0 Å². The maximum Gasteiger partial charge on any atom is 0.229 e. The van der Waals surface area contributed by atoms with Gasteiger partial charge in [-0.2, -0.15) is 4.98 Å². The van der Waals surface area contributed by atoms with E-state index in [0.717, 1.165) is 38.7 Å². The highest BCUT2D eigenvalue weighted by atomic mass is 16.5. The third-order valence-corrected chi connectivity index (χ3v) is 4.30. The minimum absolute atomic E-state index is 0.172. The lowest BCUT2D eigenvalue weighted by Gasteiger charge is -2.27. The summed E-state index contributed by atoms with van der Waals surface area (Å²) in [6.45, 7) is 4.20. The number of aromatic nitrogens is 2. The van der Waals surface area contributed by atoms with Crippen molar-refractivity contribution < 1.29 is 9.26 Å². The molecule has 2 N–H and O–H groups in total. The SMILES string of the molecule is NC(CN1CCOCC1)c1noc(C2CCCCC2)n1. The fourth-order valence-corrected chi connectivity index (χ4v) is 3.06. The number of hydrogen-bond acceptors (Lipinski definition) is 6. The highest BCUT2D eigenvalue weighted by Gasteiger charge is 2.24. The number of ether oxygens (including phenoxy) is 1. The summed E-state index contributed by atoms with van der Waals surface area (Å²) < 4.78 is 10.8. The molecule has 1 aromatic heterocycles. The first-order chi connectivity index (χ1) is 9.83. The van der Waals surface area contributed by atoms with Crippen molar-refractivity contribution in [1.82, 2.24) is 15.0 Å². The van der Waals surface area contributed by atoms with Crippen molar-refractivity contribution in [3.8, 4) is 0 Å². The lowest BCUT2D eigenvalue weighted by molar-refractivity contribution is 0.0348. The lowest BCUT2D eigenvalue weighted by Crippen LogP contribution is -2.40. The summed E-state index contributed by atoms with van der Waals surface area (Å²) in [5.41, 5.74) is 6.20. The Balaban J connectivity index is 1.57. The van der Waals surface area contributed by atoms with Gasteiger partial charge in [0.2, 0.25) is 5.89 Å². The van der Waals surface area contributed by atoms with E-state index in [2.05, 4.69) is 15.0 Å². The van der Waals surface area contributed by atoms with Crippen LogP contribution in [0.2, 0.25) is 0 Å². The van der Waals surface area contributed by atoms with Crippen LogP contribution in [0.15, 0.2) is 4.52 Å². The van der Waals surface area contributed by atoms with Crippen LogP contribution in [-0.2, 0) is 4.74 Å². The van der Waals surface area contributed by atoms with Crippen LogP contribution in [0.25, 0.3) is 0 Å². The largest absolute Gasteiger partial charge is 0.379 e. The van der Waals surface area contributed by atoms with Crippen molar-refractivity contribution in [3.63, 3.8) is 0 Å². The summed E-state index contributed by atoms with van der Waals surface area (Å²) in [7, 11) is 0. The van der Waals surface area contributed by atoms with E-state index in [4.69, 9.17) is 15.0 Å². The molecule has 1 aliphatic carbocycles. The van der Waals surface area contributed by atoms with Crippen molar-refractivity contribution in [2.24, 2.45) is 5.73 Å². The number of hydrogen-bond donors (Lipinski definition) is 1. The molecule has 20 heavy (non-hydrogen) atoms. The molecule has 0 bridgehead atoms. The number of morpholine rings is 1. The fourth-order valence-electron chi connectivity index (χ4n) is 3.06. The van der Waals surface area contributed by atoms with E-state index in [9.17, 15) is 0 Å². The molecule has 1 aromatic rings. The van der Waals surface area contributed by atoms with Crippen molar-refractivity contribution in [2.45, 2.75) is 44.1 Å². The maximum absolute atomic E-state index is 6.20. The Labute approximate surface area is 119 Å². The van der Waals surface area contributed by atoms with Crippen LogP contribution in [0.1, 0.15) is 55.8 Å². The first-order valence-electron chi connectivity index (χ1n) is 7.72. The van der Waals surface area contributed by atoms with Crippen LogP contribution in [-0.4, -0.2) is 47.9 Å². The van der Waals surface area contributed by atoms with E-state index in [1.165, 1.54) is 32.1 Å². The Hall–Kier alpha value is -0.980. The minimum atomic E-state index is -0.172. The van der Waals surface area contributed by atoms with E-state index in [-0.39, 0.29) is 6.04 Å². The molecule has 1 unspecified atom stereocenters. The topological polar surface area (TPSA) is 77.4 Å². The minimum Gasteiger partial charge on any atom is -0.379 e. The Kier molecular flexibility index (Phi) is 4.65. The third-order valence-electron chi connectivity index (χ3n) is 4.30. The van der Waals surface area contributed by atoms with Crippen LogP contribution < -0.4 is 5.73 Å². The van der Waals surface area contributed by atoms with Gasteiger partial charge in [-0.15, -0.1) is 0 Å². The predicted molar refractivity (Wildman–Crippen MR) is 74.3 cm³/mol. The summed E-state index contributed by atoms with van der Waals surface area (Å²) in [4.78, 5) is 6.84. The number of nitrogens with zero attached hydrogens (tertiary/aromatic N) is 3. The van der Waals surface area contributed by atoms with Gasteiger partial charge in [-0.25, -0.2) is 0 Å². The molecule has 1 aliphatic heterocycles. The van der Waals surface area contributed by atoms with Gasteiger partial charge in [-0.3, -0.25) is 4.90 Å². The average Bonchev–Trinajstić information content (AvgIpc) is 2.99. The van der Waals surface area contributed by atoms with Gasteiger partial charge in [-0.05, 0) is 12.8 Å². The molecular formula is C14H24N4O2. The van der Waals surface area contributed by atoms with E-state index in [1.54, 1.807) is 0 Å². The van der Waals surface area contributed by atoms with Gasteiger partial charge in [0, 0.05) is 25.6 Å². The van der Waals surface area contributed by atoms with Gasteiger partial charge in [0.1, 0.15) is 0 Å². The maximum atomic E-state index is 6.20. The first-order valence-corrected chi connectivity index (χ1v) is 7.72. The number of nitrogens with two attached hydrogens (primary N) is 1. The smallest absolute Gasteiger partial charge is 0.229 e. The van der Waals surface area contributed by atoms with Crippen LogP contribution in [0, 0.1) is 0 Å². The van der Waals surface area contributed by atoms with Gasteiger partial charge < -0.3 is 15.0 Å². The van der Waals surface area contributed by atoms with Crippen LogP contribution >= 0.6 is 0 Å². The second-order valence-corrected chi connectivity index (χ2v) is 5.85. The van der Waals surface area contributed by atoms with Crippen molar-refractivity contribution in [1.29, 1.82) is 0 Å². The molecule has 6 nitrogen and oxygen atoms in total. The molecule has 0 amide bonds. The monoisotopic (exact) mass is 280 g/mol. The lowest BCUT2D eigenvalue weighted by atomic mass is 9.89. The fraction of sp³-hybridized carbons (Fsp3) is 0.857. The molecule has 2 fully saturated rings. The van der Waals surface area contributed by atoms with Crippen LogP contribution in [0.5, 0.6) is 0 Å². The number of rotatable bonds is 4. The summed E-state index contributed by atoms with van der Waals surface area (Å²) in [5.74, 6) is 1.88. The summed E-state index contributed by atoms with van der Waals surface area (Å²) in [5, 5.41) is 4.09. The van der Waals surface area contributed by atoms with Gasteiger partial charge in [-0.1, -0.05) is 24.4 Å². The third kappa shape index (κ3) is 3.37. The van der Waals surface area contributed by atoms with Gasteiger partial charge in [0.05, 0.1) is 19.3 Å². The zero-order valence-electron chi connectivity index (χ0n) is 12.0. The van der Waals surface area contributed by atoms with Crippen molar-refractivity contribution in [2.75, 3.05) is 32.8 Å². The molecule has 2 aliphatic rings. The van der Waals surface area contributed by atoms with Crippen molar-refractivity contribution in [3.05, 3.63) is 11.7 Å². The Morgan fingerprint density at radius 1 is 1.20 bits per heavy atom. The molecule has 2 heterocycles. The normalized spacial score (nSPS) is 23.9. The summed E-state index contributed by atoms with van der Waals surface area (Å²) in [6, 6.07) is -0.172. The quantitative estimate of drug-likeness (QED) is 0.899. The molecule has 0 radical (unpaired) electrons. The Bertz CT molecular complexity index is 411. The van der Waals surface area contributed by atoms with E-state index >= 15 is 0 Å². The second kappa shape index (κ2) is 6.65. The average molecular weight is 280 g/mol. The molecule has 1 atom stereocenters. The van der Waals surface area contributed by atoms with Crippen molar-refractivity contribution >= 4 is 0 Å². The highest BCUT2D eigenvalue weighted by Crippen LogP contribution is 2.31.